The van der Waals surface area contributed by atoms with E-state index in [1.807, 2.05) is 36.1 Å². The molecule has 1 saturated heterocycles. The summed E-state index contributed by atoms with van der Waals surface area (Å²) in [7, 11) is 0. The van der Waals surface area contributed by atoms with Gasteiger partial charge in [0.2, 0.25) is 0 Å². The van der Waals surface area contributed by atoms with E-state index in [4.69, 9.17) is 9.98 Å². The molecule has 1 spiro atoms. The first-order valence-corrected chi connectivity index (χ1v) is 11.9. The molecule has 162 valence electrons. The molecule has 4 rings (SSSR count). The van der Waals surface area contributed by atoms with Crippen LogP contribution in [0.2, 0.25) is 0 Å². The minimum atomic E-state index is -0.439. The zero-order chi connectivity index (χ0) is 22.0. The van der Waals surface area contributed by atoms with Gasteiger partial charge in [-0.1, -0.05) is 31.2 Å². The average Bonchev–Trinajstić information content (AvgIpc) is 3.08. The lowest BCUT2D eigenvalue weighted by molar-refractivity contribution is 0.175. The van der Waals surface area contributed by atoms with Gasteiger partial charge in [0.25, 0.3) is 0 Å². The minimum Gasteiger partial charge on any atom is -0.324 e. The standard InChI is InChI=1S/C25H30N4OS/c1-5-31-23-22(20-10-9-18(3)19(4)16-20)27-25(28-23)11-13-29(14-12-25)24(30)26-21-8-6-7-17(2)15-21/h6-10,15-16H,5,11-14H2,1-4H3,(H,26,30). The van der Waals surface area contributed by atoms with Crippen molar-refractivity contribution >= 4 is 34.2 Å². The number of hydrogen-bond donors (Lipinski definition) is 1. The third kappa shape index (κ3) is 4.69. The summed E-state index contributed by atoms with van der Waals surface area (Å²) in [5, 5.41) is 4.05. The summed E-state index contributed by atoms with van der Waals surface area (Å²) in [6.45, 7) is 9.73. The van der Waals surface area contributed by atoms with Gasteiger partial charge in [-0.2, -0.15) is 0 Å². The fourth-order valence-corrected chi connectivity index (χ4v) is 4.86. The van der Waals surface area contributed by atoms with Crippen LogP contribution in [0, 0.1) is 20.8 Å². The number of nitrogens with zero attached hydrogens (tertiary/aromatic N) is 3. The van der Waals surface area contributed by atoms with E-state index in [2.05, 4.69) is 44.3 Å². The Morgan fingerprint density at radius 3 is 2.52 bits per heavy atom. The van der Waals surface area contributed by atoms with Gasteiger partial charge in [-0.05, 0) is 61.4 Å². The number of likely N-dealkylation sites (tertiary alicyclic amines) is 1. The van der Waals surface area contributed by atoms with Crippen molar-refractivity contribution in [3.8, 4) is 0 Å². The average molecular weight is 435 g/mol. The molecule has 0 unspecified atom stereocenters. The van der Waals surface area contributed by atoms with Gasteiger partial charge < -0.3 is 10.2 Å². The Morgan fingerprint density at radius 2 is 1.84 bits per heavy atom. The number of anilines is 1. The number of carbonyl (C=O) groups excluding carboxylic acids is 1. The molecule has 0 bridgehead atoms. The van der Waals surface area contributed by atoms with Crippen molar-refractivity contribution in [3.63, 3.8) is 0 Å². The van der Waals surface area contributed by atoms with Crippen molar-refractivity contribution in [1.29, 1.82) is 0 Å². The topological polar surface area (TPSA) is 57.1 Å². The summed E-state index contributed by atoms with van der Waals surface area (Å²) in [5.41, 5.74) is 6.22. The lowest BCUT2D eigenvalue weighted by Gasteiger charge is -2.35. The molecule has 1 fully saturated rings. The zero-order valence-corrected chi connectivity index (χ0v) is 19.6. The van der Waals surface area contributed by atoms with Gasteiger partial charge in [-0.25, -0.2) is 9.79 Å². The fourth-order valence-electron chi connectivity index (χ4n) is 4.05. The summed E-state index contributed by atoms with van der Waals surface area (Å²) in [6.07, 6.45) is 1.49. The Bertz CT molecular complexity index is 1050. The van der Waals surface area contributed by atoms with Crippen LogP contribution >= 0.6 is 11.8 Å². The summed E-state index contributed by atoms with van der Waals surface area (Å²) in [6, 6.07) is 14.4. The lowest BCUT2D eigenvalue weighted by atomic mass is 9.98. The maximum Gasteiger partial charge on any atom is 0.321 e. The fraction of sp³-hybridized carbons (Fsp3) is 0.400. The van der Waals surface area contributed by atoms with Gasteiger partial charge in [0.1, 0.15) is 5.04 Å². The quantitative estimate of drug-likeness (QED) is 0.684. The molecular weight excluding hydrogens is 404 g/mol. The zero-order valence-electron chi connectivity index (χ0n) is 18.7. The second kappa shape index (κ2) is 8.87. The van der Waals surface area contributed by atoms with E-state index >= 15 is 0 Å². The van der Waals surface area contributed by atoms with E-state index < -0.39 is 5.66 Å². The summed E-state index contributed by atoms with van der Waals surface area (Å²) >= 11 is 1.76. The van der Waals surface area contributed by atoms with Crippen LogP contribution in [0.15, 0.2) is 52.4 Å². The van der Waals surface area contributed by atoms with Crippen LogP contribution in [0.3, 0.4) is 0 Å². The van der Waals surface area contributed by atoms with Crippen molar-refractivity contribution in [1.82, 2.24) is 4.90 Å². The number of carbonyl (C=O) groups is 1. The van der Waals surface area contributed by atoms with Gasteiger partial charge in [-0.15, -0.1) is 11.8 Å². The molecule has 2 heterocycles. The second-order valence-electron chi connectivity index (χ2n) is 8.38. The number of thioether (sulfide) groups is 1. The molecule has 2 aliphatic rings. The number of aryl methyl sites for hydroxylation is 3. The number of aliphatic imine (C=N–C) groups is 2. The molecule has 0 atom stereocenters. The van der Waals surface area contributed by atoms with E-state index in [0.717, 1.165) is 46.2 Å². The van der Waals surface area contributed by atoms with E-state index in [0.29, 0.717) is 13.1 Å². The molecule has 31 heavy (non-hydrogen) atoms. The highest BCUT2D eigenvalue weighted by Gasteiger charge is 2.40. The second-order valence-corrected chi connectivity index (χ2v) is 9.63. The van der Waals surface area contributed by atoms with Crippen molar-refractivity contribution in [2.75, 3.05) is 24.2 Å². The van der Waals surface area contributed by atoms with E-state index in [1.54, 1.807) is 11.8 Å². The number of urea groups is 1. The first-order chi connectivity index (χ1) is 14.9. The largest absolute Gasteiger partial charge is 0.324 e. The highest BCUT2D eigenvalue weighted by Crippen LogP contribution is 2.36. The van der Waals surface area contributed by atoms with E-state index in [1.165, 1.54) is 11.1 Å². The van der Waals surface area contributed by atoms with E-state index in [-0.39, 0.29) is 6.03 Å². The van der Waals surface area contributed by atoms with Gasteiger partial charge in [-0.3, -0.25) is 4.99 Å². The van der Waals surface area contributed by atoms with Crippen LogP contribution in [-0.2, 0) is 0 Å². The van der Waals surface area contributed by atoms with Crippen LogP contribution in [0.1, 0.15) is 42.0 Å². The summed E-state index contributed by atoms with van der Waals surface area (Å²) in [5.74, 6) is 0.962. The first kappa shape index (κ1) is 21.6. The van der Waals surface area contributed by atoms with E-state index in [9.17, 15) is 4.79 Å². The molecule has 0 aromatic heterocycles. The Morgan fingerprint density at radius 1 is 1.06 bits per heavy atom. The monoisotopic (exact) mass is 434 g/mol. The molecule has 5 nitrogen and oxygen atoms in total. The molecule has 2 aromatic rings. The number of amides is 2. The van der Waals surface area contributed by atoms with Crippen molar-refractivity contribution < 1.29 is 4.79 Å². The van der Waals surface area contributed by atoms with Crippen LogP contribution < -0.4 is 5.32 Å². The van der Waals surface area contributed by atoms with Crippen LogP contribution in [0.5, 0.6) is 0 Å². The molecular formula is C25H30N4OS. The number of benzene rings is 2. The maximum absolute atomic E-state index is 12.7. The van der Waals surface area contributed by atoms with Gasteiger partial charge >= 0.3 is 6.03 Å². The van der Waals surface area contributed by atoms with Crippen LogP contribution in [-0.4, -0.2) is 46.2 Å². The van der Waals surface area contributed by atoms with Crippen molar-refractivity contribution in [3.05, 3.63) is 64.7 Å². The Labute approximate surface area is 189 Å². The highest BCUT2D eigenvalue weighted by molar-refractivity contribution is 8.15. The molecule has 6 heteroatoms. The number of hydrogen-bond acceptors (Lipinski definition) is 4. The predicted octanol–water partition coefficient (Wildman–Crippen LogP) is 5.59. The normalized spacial score (nSPS) is 17.5. The smallest absolute Gasteiger partial charge is 0.321 e. The maximum atomic E-state index is 12.7. The highest BCUT2D eigenvalue weighted by atomic mass is 32.2. The number of piperidine rings is 1. The first-order valence-electron chi connectivity index (χ1n) is 10.9. The minimum absolute atomic E-state index is 0.0519. The SMILES string of the molecule is CCSC1=NC2(CCN(C(=O)Nc3cccc(C)c3)CC2)N=C1c1ccc(C)c(C)c1. The summed E-state index contributed by atoms with van der Waals surface area (Å²) < 4.78 is 0. The molecule has 0 saturated carbocycles. The lowest BCUT2D eigenvalue weighted by Crippen LogP contribution is -2.46. The number of rotatable bonds is 3. The predicted molar refractivity (Wildman–Crippen MR) is 132 cm³/mol. The van der Waals surface area contributed by atoms with Crippen LogP contribution in [0.25, 0.3) is 0 Å². The molecule has 0 radical (unpaired) electrons. The molecule has 2 amide bonds. The summed E-state index contributed by atoms with van der Waals surface area (Å²) in [4.78, 5) is 24.8. The third-order valence-corrected chi connectivity index (χ3v) is 6.86. The van der Waals surface area contributed by atoms with Crippen molar-refractivity contribution in [2.45, 2.75) is 46.2 Å². The van der Waals surface area contributed by atoms with Gasteiger partial charge in [0.05, 0.1) is 5.71 Å². The molecule has 0 aliphatic carbocycles. The molecule has 1 N–H and O–H groups in total. The third-order valence-electron chi connectivity index (χ3n) is 6.01. The van der Waals surface area contributed by atoms with Crippen molar-refractivity contribution in [2.24, 2.45) is 9.98 Å². The van der Waals surface area contributed by atoms with Crippen LogP contribution in [0.4, 0.5) is 10.5 Å². The van der Waals surface area contributed by atoms with Gasteiger partial charge in [0.15, 0.2) is 5.66 Å². The molecule has 2 aromatic carbocycles. The number of nitrogens with one attached hydrogen (secondary N) is 1. The Hall–Kier alpha value is -2.60. The Kier molecular flexibility index (Phi) is 6.19. The molecule has 2 aliphatic heterocycles. The Balaban J connectivity index is 1.49. The van der Waals surface area contributed by atoms with Gasteiger partial charge in [0, 0.05) is 37.2 Å².